The Hall–Kier alpha value is -2.42. The van der Waals surface area contributed by atoms with Gasteiger partial charge >= 0.3 is 0 Å². The van der Waals surface area contributed by atoms with Crippen LogP contribution in [0.25, 0.3) is 10.9 Å². The molecule has 0 spiro atoms. The molecule has 0 saturated heterocycles. The molecule has 1 aromatic heterocycles. The monoisotopic (exact) mass is 253 g/mol. The molecule has 3 rings (SSSR count). The van der Waals surface area contributed by atoms with Gasteiger partial charge in [-0.3, -0.25) is 0 Å². The van der Waals surface area contributed by atoms with Crippen molar-refractivity contribution in [2.45, 2.75) is 13.5 Å². The van der Waals surface area contributed by atoms with Crippen LogP contribution in [0, 0.1) is 6.92 Å². The van der Waals surface area contributed by atoms with Crippen molar-refractivity contribution in [2.75, 3.05) is 0 Å². The lowest BCUT2D eigenvalue weighted by atomic mass is 10.1. The minimum absolute atomic E-state index is 0.279. The summed E-state index contributed by atoms with van der Waals surface area (Å²) in [6.45, 7) is 2.47. The summed E-state index contributed by atoms with van der Waals surface area (Å²) in [7, 11) is 0. The largest absolute Gasteiger partial charge is 0.507 e. The average Bonchev–Trinajstić information content (AvgIpc) is 2.83. The molecule has 0 aliphatic rings. The molecular formula is C16H15NO2. The number of phenols is 1. The highest BCUT2D eigenvalue weighted by molar-refractivity contribution is 5.88. The molecule has 2 N–H and O–H groups in total. The third-order valence-corrected chi connectivity index (χ3v) is 3.18. The van der Waals surface area contributed by atoms with Crippen molar-refractivity contribution < 1.29 is 9.84 Å². The highest BCUT2D eigenvalue weighted by Crippen LogP contribution is 2.28. The molecule has 1 heterocycles. The lowest BCUT2D eigenvalue weighted by Crippen LogP contribution is -1.94. The number of aromatic hydroxyl groups is 1. The molecule has 0 radical (unpaired) electrons. The van der Waals surface area contributed by atoms with E-state index in [2.05, 4.69) is 4.98 Å². The van der Waals surface area contributed by atoms with E-state index in [0.717, 1.165) is 22.2 Å². The zero-order valence-electron chi connectivity index (χ0n) is 10.7. The Labute approximate surface area is 111 Å². The van der Waals surface area contributed by atoms with Crippen LogP contribution in [0.1, 0.15) is 11.1 Å². The summed E-state index contributed by atoms with van der Waals surface area (Å²) in [5, 5.41) is 10.7. The maximum atomic E-state index is 9.90. The van der Waals surface area contributed by atoms with Crippen molar-refractivity contribution in [3.05, 3.63) is 59.8 Å². The molecule has 96 valence electrons. The quantitative estimate of drug-likeness (QED) is 0.746. The summed E-state index contributed by atoms with van der Waals surface area (Å²) >= 11 is 0. The first kappa shape index (κ1) is 11.7. The minimum atomic E-state index is 0.279. The van der Waals surface area contributed by atoms with Crippen LogP contribution in [0.5, 0.6) is 11.5 Å². The Morgan fingerprint density at radius 2 is 1.89 bits per heavy atom. The van der Waals surface area contributed by atoms with Gasteiger partial charge in [0.05, 0.1) is 0 Å². The van der Waals surface area contributed by atoms with E-state index in [0.29, 0.717) is 6.61 Å². The van der Waals surface area contributed by atoms with E-state index in [1.54, 1.807) is 6.07 Å². The van der Waals surface area contributed by atoms with Crippen LogP contribution in [0.4, 0.5) is 0 Å². The number of hydrogen-bond acceptors (Lipinski definition) is 2. The van der Waals surface area contributed by atoms with Gasteiger partial charge in [0, 0.05) is 22.7 Å². The van der Waals surface area contributed by atoms with E-state index in [9.17, 15) is 5.11 Å². The number of phenolic OH excluding ortho intramolecular Hbond substituents is 1. The highest BCUT2D eigenvalue weighted by atomic mass is 16.5. The van der Waals surface area contributed by atoms with Gasteiger partial charge in [0.25, 0.3) is 0 Å². The number of H-pyrrole nitrogens is 1. The number of ether oxygens (including phenoxy) is 1. The third kappa shape index (κ3) is 2.27. The molecule has 0 atom stereocenters. The van der Waals surface area contributed by atoms with Gasteiger partial charge < -0.3 is 14.8 Å². The maximum absolute atomic E-state index is 9.90. The lowest BCUT2D eigenvalue weighted by Gasteiger charge is -2.06. The van der Waals surface area contributed by atoms with Crippen LogP contribution >= 0.6 is 0 Å². The summed E-state index contributed by atoms with van der Waals surface area (Å²) in [5.74, 6) is 1.11. The number of aryl methyl sites for hydroxylation is 1. The summed E-state index contributed by atoms with van der Waals surface area (Å²) < 4.78 is 5.74. The number of rotatable bonds is 3. The zero-order valence-corrected chi connectivity index (χ0v) is 10.7. The predicted octanol–water partition coefficient (Wildman–Crippen LogP) is 3.76. The Morgan fingerprint density at radius 1 is 1.11 bits per heavy atom. The maximum Gasteiger partial charge on any atom is 0.125 e. The standard InChI is InChI=1S/C16H15NO2/c1-11-5-7-13(8-6-11)19-10-12-9-17-14-3-2-4-15(18)16(12)14/h2-9,17-18H,10H2,1H3. The molecule has 3 heteroatoms. The van der Waals surface area contributed by atoms with Crippen molar-refractivity contribution >= 4 is 10.9 Å². The molecule has 2 aromatic carbocycles. The molecule has 19 heavy (non-hydrogen) atoms. The van der Waals surface area contributed by atoms with E-state index < -0.39 is 0 Å². The summed E-state index contributed by atoms with van der Waals surface area (Å²) in [5.41, 5.74) is 3.08. The van der Waals surface area contributed by atoms with Crippen LogP contribution in [0.15, 0.2) is 48.7 Å². The molecule has 0 saturated carbocycles. The van der Waals surface area contributed by atoms with Gasteiger partial charge in [-0.05, 0) is 31.2 Å². The van der Waals surface area contributed by atoms with Crippen molar-refractivity contribution in [3.63, 3.8) is 0 Å². The van der Waals surface area contributed by atoms with Crippen LogP contribution in [0.3, 0.4) is 0 Å². The minimum Gasteiger partial charge on any atom is -0.507 e. The van der Waals surface area contributed by atoms with Crippen LogP contribution in [0.2, 0.25) is 0 Å². The van der Waals surface area contributed by atoms with Gasteiger partial charge in [0.1, 0.15) is 18.1 Å². The van der Waals surface area contributed by atoms with E-state index in [1.807, 2.05) is 49.5 Å². The lowest BCUT2D eigenvalue weighted by molar-refractivity contribution is 0.307. The van der Waals surface area contributed by atoms with E-state index in [1.165, 1.54) is 5.56 Å². The second kappa shape index (κ2) is 4.69. The Bertz CT molecular complexity index is 698. The number of benzene rings is 2. The topological polar surface area (TPSA) is 45.2 Å². The Balaban J connectivity index is 1.84. The van der Waals surface area contributed by atoms with E-state index in [-0.39, 0.29) is 5.75 Å². The van der Waals surface area contributed by atoms with E-state index >= 15 is 0 Å². The molecule has 0 amide bonds. The van der Waals surface area contributed by atoms with Crippen molar-refractivity contribution in [1.82, 2.24) is 4.98 Å². The Kier molecular flexibility index (Phi) is 2.88. The van der Waals surface area contributed by atoms with Gasteiger partial charge in [-0.1, -0.05) is 23.8 Å². The van der Waals surface area contributed by atoms with Crippen LogP contribution in [-0.2, 0) is 6.61 Å². The first-order chi connectivity index (χ1) is 9.24. The zero-order chi connectivity index (χ0) is 13.2. The van der Waals surface area contributed by atoms with E-state index in [4.69, 9.17) is 4.74 Å². The number of aromatic amines is 1. The van der Waals surface area contributed by atoms with Gasteiger partial charge in [0.15, 0.2) is 0 Å². The van der Waals surface area contributed by atoms with Gasteiger partial charge in [-0.2, -0.15) is 0 Å². The summed E-state index contributed by atoms with van der Waals surface area (Å²) in [6.07, 6.45) is 1.87. The summed E-state index contributed by atoms with van der Waals surface area (Å²) in [6, 6.07) is 13.4. The molecule has 0 bridgehead atoms. The molecule has 0 fully saturated rings. The average molecular weight is 253 g/mol. The highest BCUT2D eigenvalue weighted by Gasteiger charge is 2.08. The van der Waals surface area contributed by atoms with Gasteiger partial charge in [0.2, 0.25) is 0 Å². The molecule has 3 nitrogen and oxygen atoms in total. The smallest absolute Gasteiger partial charge is 0.125 e. The van der Waals surface area contributed by atoms with Crippen LogP contribution in [-0.4, -0.2) is 10.1 Å². The second-order valence-electron chi connectivity index (χ2n) is 4.62. The molecule has 3 aromatic rings. The first-order valence-corrected chi connectivity index (χ1v) is 6.21. The fourth-order valence-corrected chi connectivity index (χ4v) is 2.14. The normalized spacial score (nSPS) is 10.8. The second-order valence-corrected chi connectivity index (χ2v) is 4.62. The van der Waals surface area contributed by atoms with Crippen LogP contribution < -0.4 is 4.74 Å². The summed E-state index contributed by atoms with van der Waals surface area (Å²) in [4.78, 5) is 3.13. The fourth-order valence-electron chi connectivity index (χ4n) is 2.14. The van der Waals surface area contributed by atoms with Gasteiger partial charge in [-0.15, -0.1) is 0 Å². The Morgan fingerprint density at radius 3 is 2.68 bits per heavy atom. The third-order valence-electron chi connectivity index (χ3n) is 3.18. The number of aromatic nitrogens is 1. The SMILES string of the molecule is Cc1ccc(OCc2c[nH]c3cccc(O)c23)cc1. The first-order valence-electron chi connectivity index (χ1n) is 6.21. The number of fused-ring (bicyclic) bond motifs is 1. The van der Waals surface area contributed by atoms with Crippen molar-refractivity contribution in [2.24, 2.45) is 0 Å². The number of hydrogen-bond donors (Lipinski definition) is 2. The molecule has 0 unspecified atom stereocenters. The van der Waals surface area contributed by atoms with Crippen molar-refractivity contribution in [3.8, 4) is 11.5 Å². The molecule has 0 aliphatic carbocycles. The van der Waals surface area contributed by atoms with Crippen molar-refractivity contribution in [1.29, 1.82) is 0 Å². The predicted molar refractivity (Wildman–Crippen MR) is 75.5 cm³/mol. The molecular weight excluding hydrogens is 238 g/mol. The number of nitrogens with one attached hydrogen (secondary N) is 1. The fraction of sp³-hybridized carbons (Fsp3) is 0.125. The molecule has 0 aliphatic heterocycles. The van der Waals surface area contributed by atoms with Gasteiger partial charge in [-0.25, -0.2) is 0 Å².